The zero-order valence-electron chi connectivity index (χ0n) is 16.5. The van der Waals surface area contributed by atoms with Gasteiger partial charge in [-0.1, -0.05) is 35.3 Å². The quantitative estimate of drug-likeness (QED) is 0.347. The van der Waals surface area contributed by atoms with Gasteiger partial charge in [0.1, 0.15) is 11.5 Å². The van der Waals surface area contributed by atoms with Crippen LogP contribution in [0.1, 0.15) is 13.8 Å². The van der Waals surface area contributed by atoms with Gasteiger partial charge >= 0.3 is 11.9 Å². The predicted molar refractivity (Wildman–Crippen MR) is 116 cm³/mol. The molecule has 0 N–H and O–H groups in total. The van der Waals surface area contributed by atoms with Crippen LogP contribution < -0.4 is 9.47 Å². The minimum atomic E-state index is -0.498. The number of carbonyl (C=O) groups is 2. The molecule has 158 valence electrons. The maximum atomic E-state index is 11.9. The molecule has 0 unspecified atom stereocenters. The largest absolute Gasteiger partial charge is 0.481 e. The standard InChI is InChI=1S/C22H20Cl2O6/c1-3-27-18(25)11-29-21-15-6-5-7-17(24)20(15)22(30-12-19(26)28-4-2)14-9-8-13(23)10-16(14)21/h5-10H,3-4,11-12H2,1-2H3. The van der Waals surface area contributed by atoms with Crippen LogP contribution in [0.4, 0.5) is 0 Å². The lowest BCUT2D eigenvalue weighted by atomic mass is 10.0. The van der Waals surface area contributed by atoms with Crippen molar-refractivity contribution in [1.82, 2.24) is 0 Å². The SMILES string of the molecule is CCOC(=O)COc1c2cc(Cl)ccc2c(OCC(=O)OCC)c2c(Cl)cccc12. The highest BCUT2D eigenvalue weighted by Crippen LogP contribution is 2.46. The minimum absolute atomic E-state index is 0.251. The molecule has 0 radical (unpaired) electrons. The monoisotopic (exact) mass is 450 g/mol. The van der Waals surface area contributed by atoms with Gasteiger partial charge < -0.3 is 18.9 Å². The zero-order chi connectivity index (χ0) is 21.7. The first-order chi connectivity index (χ1) is 14.5. The van der Waals surface area contributed by atoms with Gasteiger partial charge in [0.15, 0.2) is 13.2 Å². The molecule has 0 atom stereocenters. The van der Waals surface area contributed by atoms with Gasteiger partial charge in [-0.15, -0.1) is 0 Å². The van der Waals surface area contributed by atoms with E-state index in [-0.39, 0.29) is 26.4 Å². The van der Waals surface area contributed by atoms with Gasteiger partial charge in [0.2, 0.25) is 0 Å². The molecular formula is C22H20Cl2O6. The van der Waals surface area contributed by atoms with Crippen molar-refractivity contribution in [1.29, 1.82) is 0 Å². The summed E-state index contributed by atoms with van der Waals surface area (Å²) in [6.07, 6.45) is 0. The fourth-order valence-electron chi connectivity index (χ4n) is 3.10. The van der Waals surface area contributed by atoms with Gasteiger partial charge in [-0.05, 0) is 38.1 Å². The summed E-state index contributed by atoms with van der Waals surface area (Å²) in [4.78, 5) is 23.7. The molecule has 0 aliphatic rings. The molecule has 0 spiro atoms. The molecule has 3 aromatic carbocycles. The van der Waals surface area contributed by atoms with Gasteiger partial charge in [0.25, 0.3) is 0 Å². The van der Waals surface area contributed by atoms with E-state index >= 15 is 0 Å². The van der Waals surface area contributed by atoms with Crippen LogP contribution in [-0.4, -0.2) is 38.4 Å². The zero-order valence-corrected chi connectivity index (χ0v) is 18.0. The summed E-state index contributed by atoms with van der Waals surface area (Å²) in [5.74, 6) is -0.173. The Bertz CT molecular complexity index is 1090. The molecule has 6 nitrogen and oxygen atoms in total. The molecule has 8 heteroatoms. The number of benzene rings is 3. The molecule has 0 aliphatic carbocycles. The molecule has 0 bridgehead atoms. The number of carbonyl (C=O) groups excluding carboxylic acids is 2. The van der Waals surface area contributed by atoms with Crippen molar-refractivity contribution in [2.75, 3.05) is 26.4 Å². The van der Waals surface area contributed by atoms with E-state index in [1.807, 2.05) is 0 Å². The lowest BCUT2D eigenvalue weighted by Crippen LogP contribution is -2.16. The summed E-state index contributed by atoms with van der Waals surface area (Å²) in [6.45, 7) is 3.38. The third kappa shape index (κ3) is 4.71. The van der Waals surface area contributed by atoms with Gasteiger partial charge in [0, 0.05) is 26.6 Å². The van der Waals surface area contributed by atoms with E-state index in [0.717, 1.165) is 0 Å². The smallest absolute Gasteiger partial charge is 0.344 e. The summed E-state index contributed by atoms with van der Waals surface area (Å²) < 4.78 is 21.6. The number of esters is 2. The van der Waals surface area contributed by atoms with Crippen molar-refractivity contribution in [3.8, 4) is 11.5 Å². The van der Waals surface area contributed by atoms with Gasteiger partial charge in [-0.3, -0.25) is 0 Å². The van der Waals surface area contributed by atoms with E-state index in [1.54, 1.807) is 50.2 Å². The lowest BCUT2D eigenvalue weighted by Gasteiger charge is -2.18. The average Bonchev–Trinajstić information content (AvgIpc) is 2.71. The molecule has 0 fully saturated rings. The second kappa shape index (κ2) is 9.87. The second-order valence-corrected chi connectivity index (χ2v) is 7.04. The third-order valence-electron chi connectivity index (χ3n) is 4.24. The van der Waals surface area contributed by atoms with Crippen molar-refractivity contribution in [2.24, 2.45) is 0 Å². The Morgan fingerprint density at radius 2 is 1.43 bits per heavy atom. The van der Waals surface area contributed by atoms with E-state index in [0.29, 0.717) is 43.1 Å². The maximum absolute atomic E-state index is 11.9. The van der Waals surface area contributed by atoms with Gasteiger partial charge in [-0.2, -0.15) is 0 Å². The van der Waals surface area contributed by atoms with E-state index in [1.165, 1.54) is 0 Å². The summed E-state index contributed by atoms with van der Waals surface area (Å²) >= 11 is 12.7. The van der Waals surface area contributed by atoms with Crippen LogP contribution >= 0.6 is 23.2 Å². The second-order valence-electron chi connectivity index (χ2n) is 6.20. The topological polar surface area (TPSA) is 71.1 Å². The van der Waals surface area contributed by atoms with E-state index in [9.17, 15) is 9.59 Å². The van der Waals surface area contributed by atoms with Crippen molar-refractivity contribution < 1.29 is 28.5 Å². The van der Waals surface area contributed by atoms with Crippen LogP contribution in [0.3, 0.4) is 0 Å². The summed E-state index contributed by atoms with van der Waals surface area (Å²) in [7, 11) is 0. The number of ether oxygens (including phenoxy) is 4. The lowest BCUT2D eigenvalue weighted by molar-refractivity contribution is -0.146. The Kier molecular flexibility index (Phi) is 7.24. The molecular weight excluding hydrogens is 431 g/mol. The van der Waals surface area contributed by atoms with Crippen LogP contribution in [0.2, 0.25) is 10.0 Å². The summed E-state index contributed by atoms with van der Waals surface area (Å²) in [5, 5.41) is 3.28. The molecule has 30 heavy (non-hydrogen) atoms. The van der Waals surface area contributed by atoms with Crippen LogP contribution in [0.25, 0.3) is 21.5 Å². The molecule has 0 amide bonds. The number of rotatable bonds is 8. The minimum Gasteiger partial charge on any atom is -0.481 e. The highest BCUT2D eigenvalue weighted by Gasteiger charge is 2.20. The van der Waals surface area contributed by atoms with Crippen molar-refractivity contribution in [2.45, 2.75) is 13.8 Å². The Morgan fingerprint density at radius 3 is 2.07 bits per heavy atom. The van der Waals surface area contributed by atoms with E-state index in [4.69, 9.17) is 42.1 Å². The Morgan fingerprint density at radius 1 is 0.800 bits per heavy atom. The maximum Gasteiger partial charge on any atom is 0.344 e. The molecule has 3 rings (SSSR count). The van der Waals surface area contributed by atoms with Crippen LogP contribution in [0.15, 0.2) is 36.4 Å². The Balaban J connectivity index is 2.19. The molecule has 0 saturated carbocycles. The summed E-state index contributed by atoms with van der Waals surface area (Å²) in [6, 6.07) is 10.4. The fourth-order valence-corrected chi connectivity index (χ4v) is 3.53. The number of hydrogen-bond acceptors (Lipinski definition) is 6. The normalized spacial score (nSPS) is 10.8. The van der Waals surface area contributed by atoms with E-state index < -0.39 is 11.9 Å². The third-order valence-corrected chi connectivity index (χ3v) is 4.79. The van der Waals surface area contributed by atoms with Gasteiger partial charge in [-0.25, -0.2) is 9.59 Å². The number of fused-ring (bicyclic) bond motifs is 2. The van der Waals surface area contributed by atoms with Crippen molar-refractivity contribution >= 4 is 56.7 Å². The van der Waals surface area contributed by atoms with Crippen molar-refractivity contribution in [3.05, 3.63) is 46.4 Å². The first-order valence-electron chi connectivity index (χ1n) is 9.36. The molecule has 0 heterocycles. The summed E-state index contributed by atoms with van der Waals surface area (Å²) in [5.41, 5.74) is 0. The predicted octanol–water partition coefficient (Wildman–Crippen LogP) is 5.18. The van der Waals surface area contributed by atoms with Crippen LogP contribution in [0, 0.1) is 0 Å². The fraction of sp³-hybridized carbons (Fsp3) is 0.273. The number of halogens is 2. The molecule has 0 aliphatic heterocycles. The first kappa shape index (κ1) is 22.0. The van der Waals surface area contributed by atoms with E-state index in [2.05, 4.69) is 0 Å². The Labute approximate surface area is 183 Å². The highest BCUT2D eigenvalue weighted by molar-refractivity contribution is 6.37. The Hall–Kier alpha value is -2.70. The molecule has 0 saturated heterocycles. The first-order valence-corrected chi connectivity index (χ1v) is 10.1. The van der Waals surface area contributed by atoms with Crippen LogP contribution in [-0.2, 0) is 19.1 Å². The van der Waals surface area contributed by atoms with Crippen molar-refractivity contribution in [3.63, 3.8) is 0 Å². The number of hydrogen-bond donors (Lipinski definition) is 0. The van der Waals surface area contributed by atoms with Gasteiger partial charge in [0.05, 0.1) is 18.2 Å². The molecule has 3 aromatic rings. The van der Waals surface area contributed by atoms with Crippen LogP contribution in [0.5, 0.6) is 11.5 Å². The highest BCUT2D eigenvalue weighted by atomic mass is 35.5. The molecule has 0 aromatic heterocycles. The average molecular weight is 451 g/mol.